The van der Waals surface area contributed by atoms with Crippen molar-refractivity contribution in [2.24, 2.45) is 5.14 Å². The number of benzene rings is 1. The molecule has 20 heavy (non-hydrogen) atoms. The average molecular weight is 296 g/mol. The van der Waals surface area contributed by atoms with E-state index in [0.717, 1.165) is 6.07 Å². The van der Waals surface area contributed by atoms with Crippen LogP contribution < -0.4 is 16.0 Å². The summed E-state index contributed by atoms with van der Waals surface area (Å²) in [5.41, 5.74) is 0.424. The second-order valence-electron chi connectivity index (χ2n) is 4.04. The van der Waals surface area contributed by atoms with Gasteiger partial charge < -0.3 is 5.32 Å². The third kappa shape index (κ3) is 3.33. The monoisotopic (exact) mass is 296 g/mol. The lowest BCUT2D eigenvalue weighted by atomic mass is 10.2. The molecule has 0 fully saturated rings. The zero-order valence-electron chi connectivity index (χ0n) is 10.2. The maximum absolute atomic E-state index is 11.6. The van der Waals surface area contributed by atoms with E-state index in [9.17, 15) is 18.0 Å². The van der Waals surface area contributed by atoms with Crippen molar-refractivity contribution in [2.75, 3.05) is 0 Å². The molecular formula is C11H12N4O4S. The zero-order valence-corrected chi connectivity index (χ0v) is 11.0. The summed E-state index contributed by atoms with van der Waals surface area (Å²) in [4.78, 5) is 22.5. The van der Waals surface area contributed by atoms with Crippen LogP contribution in [-0.2, 0) is 16.6 Å². The van der Waals surface area contributed by atoms with Crippen LogP contribution in [0.15, 0.2) is 40.0 Å². The molecule has 2 aromatic rings. The van der Waals surface area contributed by atoms with Crippen molar-refractivity contribution in [3.05, 3.63) is 51.9 Å². The number of aromatic amines is 2. The average Bonchev–Trinajstić information content (AvgIpc) is 2.82. The van der Waals surface area contributed by atoms with Crippen molar-refractivity contribution in [3.8, 4) is 0 Å². The number of nitrogens with one attached hydrogen (secondary N) is 3. The van der Waals surface area contributed by atoms with Crippen molar-refractivity contribution in [2.45, 2.75) is 11.4 Å². The molecule has 9 heteroatoms. The highest BCUT2D eigenvalue weighted by atomic mass is 32.2. The summed E-state index contributed by atoms with van der Waals surface area (Å²) in [6.07, 6.45) is 0. The molecule has 0 aliphatic carbocycles. The molecule has 0 unspecified atom stereocenters. The summed E-state index contributed by atoms with van der Waals surface area (Å²) in [5.74, 6) is -0.445. The maximum atomic E-state index is 11.6. The molecule has 0 aliphatic rings. The molecule has 1 aromatic carbocycles. The van der Waals surface area contributed by atoms with Gasteiger partial charge in [0.15, 0.2) is 0 Å². The van der Waals surface area contributed by atoms with Crippen LogP contribution in [0, 0.1) is 0 Å². The minimum Gasteiger partial charge on any atom is -0.347 e. The number of carbonyl (C=O) groups is 1. The highest BCUT2D eigenvalue weighted by Gasteiger charge is 2.09. The van der Waals surface area contributed by atoms with Crippen molar-refractivity contribution in [1.82, 2.24) is 15.5 Å². The summed E-state index contributed by atoms with van der Waals surface area (Å²) in [7, 11) is -3.72. The SMILES string of the molecule is NS(=O)(=O)c1ccc(CNC(=O)c2cc(=O)[nH][nH]2)cc1. The van der Waals surface area contributed by atoms with Crippen molar-refractivity contribution in [1.29, 1.82) is 0 Å². The Morgan fingerprint density at radius 3 is 2.35 bits per heavy atom. The Bertz CT molecular complexity index is 773. The van der Waals surface area contributed by atoms with Gasteiger partial charge in [0.05, 0.1) is 4.90 Å². The topological polar surface area (TPSA) is 138 Å². The Morgan fingerprint density at radius 1 is 1.20 bits per heavy atom. The summed E-state index contributed by atoms with van der Waals surface area (Å²) >= 11 is 0. The van der Waals surface area contributed by atoms with E-state index >= 15 is 0 Å². The van der Waals surface area contributed by atoms with Gasteiger partial charge in [-0.2, -0.15) is 0 Å². The third-order valence-electron chi connectivity index (χ3n) is 2.55. The highest BCUT2D eigenvalue weighted by molar-refractivity contribution is 7.89. The fraction of sp³-hybridized carbons (Fsp3) is 0.0909. The Labute approximate surface area is 114 Å². The van der Waals surface area contributed by atoms with Crippen LogP contribution in [0.3, 0.4) is 0 Å². The quantitative estimate of drug-likeness (QED) is 0.591. The lowest BCUT2D eigenvalue weighted by Gasteiger charge is -2.04. The lowest BCUT2D eigenvalue weighted by Crippen LogP contribution is -2.23. The highest BCUT2D eigenvalue weighted by Crippen LogP contribution is 2.08. The molecule has 1 amide bonds. The minimum atomic E-state index is -3.72. The molecule has 0 aliphatic heterocycles. The number of rotatable bonds is 4. The molecule has 0 radical (unpaired) electrons. The minimum absolute atomic E-state index is 0.00235. The molecule has 8 nitrogen and oxygen atoms in total. The van der Waals surface area contributed by atoms with Crippen LogP contribution >= 0.6 is 0 Å². The van der Waals surface area contributed by atoms with Gasteiger partial charge in [-0.15, -0.1) is 0 Å². The number of carbonyl (C=O) groups excluding carboxylic acids is 1. The molecule has 0 saturated heterocycles. The second-order valence-corrected chi connectivity index (χ2v) is 5.61. The molecule has 0 spiro atoms. The van der Waals surface area contributed by atoms with Crippen LogP contribution in [0.25, 0.3) is 0 Å². The second kappa shape index (κ2) is 5.31. The molecule has 0 bridgehead atoms. The summed E-state index contributed by atoms with van der Waals surface area (Å²) in [6, 6.07) is 6.93. The Morgan fingerprint density at radius 2 is 1.85 bits per heavy atom. The molecule has 0 atom stereocenters. The van der Waals surface area contributed by atoms with Crippen LogP contribution in [-0.4, -0.2) is 24.5 Å². The van der Waals surface area contributed by atoms with E-state index in [0.29, 0.717) is 5.56 Å². The summed E-state index contributed by atoms with van der Waals surface area (Å²) in [6.45, 7) is 0.191. The van der Waals surface area contributed by atoms with Crippen LogP contribution in [0.2, 0.25) is 0 Å². The number of primary sulfonamides is 1. The number of nitrogens with two attached hydrogens (primary N) is 1. The van der Waals surface area contributed by atoms with Crippen LogP contribution in [0.5, 0.6) is 0 Å². The predicted octanol–water partition coefficient (Wildman–Crippen LogP) is -0.720. The first-order valence-corrected chi connectivity index (χ1v) is 7.08. The Balaban J connectivity index is 2.01. The zero-order chi connectivity index (χ0) is 14.8. The van der Waals surface area contributed by atoms with E-state index in [1.54, 1.807) is 12.1 Å². The Hall–Kier alpha value is -2.39. The number of hydrogen-bond donors (Lipinski definition) is 4. The van der Waals surface area contributed by atoms with Crippen LogP contribution in [0.4, 0.5) is 0 Å². The fourth-order valence-corrected chi connectivity index (χ4v) is 2.04. The van der Waals surface area contributed by atoms with Gasteiger partial charge in [-0.1, -0.05) is 12.1 Å². The summed E-state index contributed by atoms with van der Waals surface area (Å²) < 4.78 is 22.1. The standard InChI is InChI=1S/C11H12N4O4S/c12-20(18,19)8-3-1-7(2-4-8)6-13-11(17)9-5-10(16)15-14-9/h1-5H,6H2,(H,13,17)(H2,12,18,19)(H2,14,15,16). The van der Waals surface area contributed by atoms with E-state index in [-0.39, 0.29) is 17.1 Å². The summed E-state index contributed by atoms with van der Waals surface area (Å²) in [5, 5.41) is 12.2. The lowest BCUT2D eigenvalue weighted by molar-refractivity contribution is 0.0946. The van der Waals surface area contributed by atoms with Gasteiger partial charge in [0.1, 0.15) is 5.69 Å². The van der Waals surface area contributed by atoms with E-state index in [2.05, 4.69) is 15.5 Å². The number of aromatic nitrogens is 2. The first kappa shape index (κ1) is 14.0. The van der Waals surface area contributed by atoms with Gasteiger partial charge in [-0.25, -0.2) is 13.6 Å². The number of hydrogen-bond acceptors (Lipinski definition) is 4. The van der Waals surface area contributed by atoms with Gasteiger partial charge in [-0.05, 0) is 17.7 Å². The Kier molecular flexibility index (Phi) is 3.72. The first-order chi connectivity index (χ1) is 9.36. The van der Waals surface area contributed by atoms with Crippen molar-refractivity contribution >= 4 is 15.9 Å². The molecule has 0 saturated carbocycles. The van der Waals surface area contributed by atoms with Gasteiger partial charge in [-0.3, -0.25) is 19.8 Å². The van der Waals surface area contributed by atoms with Crippen molar-refractivity contribution in [3.63, 3.8) is 0 Å². The number of sulfonamides is 1. The molecule has 1 aromatic heterocycles. The van der Waals surface area contributed by atoms with E-state index in [4.69, 9.17) is 5.14 Å². The largest absolute Gasteiger partial charge is 0.347 e. The van der Waals surface area contributed by atoms with E-state index < -0.39 is 21.5 Å². The van der Waals surface area contributed by atoms with E-state index in [1.165, 1.54) is 12.1 Å². The molecular weight excluding hydrogens is 284 g/mol. The van der Waals surface area contributed by atoms with Gasteiger partial charge in [0.25, 0.3) is 11.5 Å². The van der Waals surface area contributed by atoms with Gasteiger partial charge in [0.2, 0.25) is 10.0 Å². The van der Waals surface area contributed by atoms with Gasteiger partial charge >= 0.3 is 0 Å². The maximum Gasteiger partial charge on any atom is 0.269 e. The molecule has 1 heterocycles. The molecule has 106 valence electrons. The normalized spacial score (nSPS) is 11.2. The van der Waals surface area contributed by atoms with Crippen molar-refractivity contribution < 1.29 is 13.2 Å². The first-order valence-electron chi connectivity index (χ1n) is 5.54. The molecule has 5 N–H and O–H groups in total. The number of H-pyrrole nitrogens is 2. The predicted molar refractivity (Wildman–Crippen MR) is 70.4 cm³/mol. The van der Waals surface area contributed by atoms with Crippen LogP contribution in [0.1, 0.15) is 16.1 Å². The fourth-order valence-electron chi connectivity index (χ4n) is 1.53. The third-order valence-corrected chi connectivity index (χ3v) is 3.47. The van der Waals surface area contributed by atoms with E-state index in [1.807, 2.05) is 0 Å². The van der Waals surface area contributed by atoms with Gasteiger partial charge in [0, 0.05) is 12.6 Å². The smallest absolute Gasteiger partial charge is 0.269 e. The molecule has 2 rings (SSSR count). The number of amides is 1.